The first kappa shape index (κ1) is 31.3. The summed E-state index contributed by atoms with van der Waals surface area (Å²) < 4.78 is 0. The standard InChI is InChI=1S/2C15H27P.3ClH.V/c2*1-2-8-13(7-1)16(14-9-3-4-10-14)15-11-5-6-12-15;;;;/h2*13-15H,1-12H2;3*1H;/q;;;;;+3/p-1. The molecule has 0 aromatic rings. The van der Waals surface area contributed by atoms with E-state index in [2.05, 4.69) is 0 Å². The van der Waals surface area contributed by atoms with Crippen LogP contribution in [0, 0.1) is 0 Å². The van der Waals surface area contributed by atoms with Crippen molar-refractivity contribution in [1.82, 2.24) is 0 Å². The quantitative estimate of drug-likeness (QED) is 0.255. The van der Waals surface area contributed by atoms with Gasteiger partial charge in [0.15, 0.2) is 0 Å². The molecule has 0 nitrogen and oxygen atoms in total. The van der Waals surface area contributed by atoms with Crippen molar-refractivity contribution in [3.05, 3.63) is 0 Å². The average Bonchev–Trinajstić information content (AvgIpc) is 3.70. The Labute approximate surface area is 244 Å². The van der Waals surface area contributed by atoms with Gasteiger partial charge in [0.1, 0.15) is 0 Å². The molecule has 0 atom stereocenters. The molecular formula is C30H56Cl3P2V+2. The molecule has 6 rings (SSSR count). The summed E-state index contributed by atoms with van der Waals surface area (Å²) in [5.74, 6) is 0. The van der Waals surface area contributed by atoms with Crippen molar-refractivity contribution in [3.63, 3.8) is 0 Å². The molecule has 210 valence electrons. The van der Waals surface area contributed by atoms with Crippen molar-refractivity contribution in [1.29, 1.82) is 0 Å². The Morgan fingerprint density at radius 3 is 0.528 bits per heavy atom. The maximum atomic E-state index is 4.95. The average molecular weight is 636 g/mol. The van der Waals surface area contributed by atoms with Crippen LogP contribution < -0.4 is 0 Å². The minimum absolute atomic E-state index is 0.0224. The fourth-order valence-electron chi connectivity index (χ4n) is 9.55. The summed E-state index contributed by atoms with van der Waals surface area (Å²) in [6, 6.07) is 0. The summed E-state index contributed by atoms with van der Waals surface area (Å²) in [4.78, 5) is 0. The van der Waals surface area contributed by atoms with Crippen LogP contribution in [0.4, 0.5) is 0 Å². The van der Waals surface area contributed by atoms with Gasteiger partial charge in [-0.3, -0.25) is 0 Å². The van der Waals surface area contributed by atoms with Crippen molar-refractivity contribution in [2.45, 2.75) is 188 Å². The molecule has 6 aliphatic rings. The molecule has 6 fully saturated rings. The molecule has 0 aromatic heterocycles. The van der Waals surface area contributed by atoms with E-state index < -0.39 is 12.3 Å². The second-order valence-corrected chi connectivity index (χ2v) is 26.9. The van der Waals surface area contributed by atoms with Crippen molar-refractivity contribution in [2.75, 3.05) is 0 Å². The Bertz CT molecular complexity index is 446. The van der Waals surface area contributed by atoms with Gasteiger partial charge in [-0.25, -0.2) is 0 Å². The van der Waals surface area contributed by atoms with E-state index in [0.717, 1.165) is 0 Å². The molecule has 0 spiro atoms. The summed E-state index contributed by atoms with van der Waals surface area (Å²) in [5, 5.41) is 0. The van der Waals surface area contributed by atoms with E-state index in [1.165, 1.54) is 34.0 Å². The number of halogens is 3. The van der Waals surface area contributed by atoms with Gasteiger partial charge in [0.25, 0.3) is 0 Å². The maximum absolute atomic E-state index is 4.95. The zero-order chi connectivity index (χ0) is 25.2. The van der Waals surface area contributed by atoms with Crippen LogP contribution >= 0.6 is 45.4 Å². The molecule has 0 amide bonds. The zero-order valence-corrected chi connectivity index (χ0v) is 28.7. The van der Waals surface area contributed by atoms with Crippen LogP contribution in [0.2, 0.25) is 0 Å². The molecule has 0 bridgehead atoms. The molecule has 0 unspecified atom stereocenters. The Morgan fingerprint density at radius 2 is 0.417 bits per heavy atom. The Hall–Kier alpha value is 2.31. The fraction of sp³-hybridized carbons (Fsp3) is 1.00. The second kappa shape index (κ2) is 17.3. The minimum atomic E-state index is -1.77. The first-order valence-electron chi connectivity index (χ1n) is 16.1. The van der Waals surface area contributed by atoms with Crippen molar-refractivity contribution in [2.24, 2.45) is 0 Å². The van der Waals surface area contributed by atoms with E-state index in [1.54, 1.807) is 154 Å². The topological polar surface area (TPSA) is 0 Å². The predicted octanol–water partition coefficient (Wildman–Crippen LogP) is 12.1. The van der Waals surface area contributed by atoms with Crippen LogP contribution in [-0.4, -0.2) is 34.0 Å². The molecule has 0 saturated heterocycles. The van der Waals surface area contributed by atoms with Gasteiger partial charge in [0, 0.05) is 15.8 Å². The SMILES string of the molecule is C1CCC([PH+](C2CCCC2)C2CCCC2)C1.C1CCC([PH+](C2CCCC2)C2CCCC2)C1.[Cl][V]([Cl])[Cl]. The molecule has 0 N–H and O–H groups in total. The Morgan fingerprint density at radius 1 is 0.306 bits per heavy atom. The van der Waals surface area contributed by atoms with Crippen LogP contribution in [0.15, 0.2) is 0 Å². The van der Waals surface area contributed by atoms with E-state index in [0.29, 0.717) is 0 Å². The first-order chi connectivity index (χ1) is 17.6. The number of hydrogen-bond donors (Lipinski definition) is 0. The van der Waals surface area contributed by atoms with Crippen molar-refractivity contribution >= 4 is 45.4 Å². The normalized spacial score (nSPS) is 27.5. The summed E-state index contributed by atoms with van der Waals surface area (Å²) in [6.45, 7) is 0. The molecular weight excluding hydrogens is 580 g/mol. The Kier molecular flexibility index (Phi) is 15.0. The molecule has 0 heterocycles. The van der Waals surface area contributed by atoms with Crippen LogP contribution in [0.3, 0.4) is 0 Å². The van der Waals surface area contributed by atoms with E-state index in [9.17, 15) is 0 Å². The second-order valence-electron chi connectivity index (χ2n) is 13.1. The van der Waals surface area contributed by atoms with Crippen LogP contribution in [0.1, 0.15) is 154 Å². The van der Waals surface area contributed by atoms with Gasteiger partial charge in [0.2, 0.25) is 0 Å². The summed E-state index contributed by atoms with van der Waals surface area (Å²) in [7, 11) is 14.9. The van der Waals surface area contributed by atoms with E-state index in [1.807, 2.05) is 0 Å². The molecule has 6 heteroatoms. The summed E-state index contributed by atoms with van der Waals surface area (Å²) >= 11 is -1.77. The monoisotopic (exact) mass is 634 g/mol. The van der Waals surface area contributed by atoms with Crippen LogP contribution in [0.25, 0.3) is 0 Å². The van der Waals surface area contributed by atoms with E-state index in [-0.39, 0.29) is 15.8 Å². The number of hydrogen-bond acceptors (Lipinski definition) is 0. The fourth-order valence-corrected chi connectivity index (χ4v) is 20.0. The van der Waals surface area contributed by atoms with Gasteiger partial charge in [-0.15, -0.1) is 0 Å². The van der Waals surface area contributed by atoms with Gasteiger partial charge in [-0.05, 0) is 154 Å². The van der Waals surface area contributed by atoms with Crippen molar-refractivity contribution in [3.8, 4) is 0 Å². The molecule has 6 saturated carbocycles. The van der Waals surface area contributed by atoms with Gasteiger partial charge >= 0.3 is 41.8 Å². The van der Waals surface area contributed by atoms with Crippen LogP contribution in [-0.2, 0) is 12.3 Å². The summed E-state index contributed by atoms with van der Waals surface area (Å²) in [6.07, 6.45) is 38.3. The van der Waals surface area contributed by atoms with Gasteiger partial charge < -0.3 is 0 Å². The van der Waals surface area contributed by atoms with Crippen molar-refractivity contribution < 1.29 is 12.3 Å². The summed E-state index contributed by atoms with van der Waals surface area (Å²) in [5.41, 5.74) is 7.48. The third kappa shape index (κ3) is 9.70. The van der Waals surface area contributed by atoms with Gasteiger partial charge in [0.05, 0.1) is 34.0 Å². The van der Waals surface area contributed by atoms with Crippen LogP contribution in [0.5, 0.6) is 0 Å². The molecule has 6 aliphatic carbocycles. The van der Waals surface area contributed by atoms with Gasteiger partial charge in [-0.2, -0.15) is 0 Å². The first-order valence-corrected chi connectivity index (χ1v) is 25.4. The predicted molar refractivity (Wildman–Crippen MR) is 168 cm³/mol. The zero-order valence-electron chi connectivity index (χ0n) is 23.0. The van der Waals surface area contributed by atoms with E-state index in [4.69, 9.17) is 29.5 Å². The molecule has 0 aromatic carbocycles. The molecule has 0 aliphatic heterocycles. The third-order valence-corrected chi connectivity index (χ3v) is 20.1. The molecule has 36 heavy (non-hydrogen) atoms. The van der Waals surface area contributed by atoms with Gasteiger partial charge in [-0.1, -0.05) is 0 Å². The molecule has 0 radical (unpaired) electrons. The Balaban J connectivity index is 0.000000148. The van der Waals surface area contributed by atoms with E-state index >= 15 is 0 Å². The number of rotatable bonds is 6. The third-order valence-electron chi connectivity index (χ3n) is 11.0.